The summed E-state index contributed by atoms with van der Waals surface area (Å²) in [4.78, 5) is 33.5. The molecule has 4 aromatic carbocycles. The summed E-state index contributed by atoms with van der Waals surface area (Å²) in [5, 5.41) is 12.0. The first-order valence-electron chi connectivity index (χ1n) is 13.8. The Kier molecular flexibility index (Phi) is 6.79. The van der Waals surface area contributed by atoms with Crippen molar-refractivity contribution in [3.8, 4) is 17.2 Å². The maximum Gasteiger partial charge on any atom is 0.301 e. The molecule has 214 valence electrons. The molecule has 2 aliphatic heterocycles. The Morgan fingerprint density at radius 1 is 0.953 bits per heavy atom. The number of rotatable bonds is 6. The molecule has 7 rings (SSSR count). The van der Waals surface area contributed by atoms with Crippen LogP contribution >= 0.6 is 11.3 Å². The molecule has 1 aromatic heterocycles. The highest BCUT2D eigenvalue weighted by Gasteiger charge is 2.48. The Labute approximate surface area is 251 Å². The fraction of sp³-hybridized carbons (Fsp3) is 0.147. The summed E-state index contributed by atoms with van der Waals surface area (Å²) < 4.78 is 18.3. The van der Waals surface area contributed by atoms with Gasteiger partial charge >= 0.3 is 5.91 Å². The lowest BCUT2D eigenvalue weighted by Crippen LogP contribution is -2.29. The molecule has 1 unspecified atom stereocenters. The normalized spacial score (nSPS) is 17.4. The van der Waals surface area contributed by atoms with Crippen LogP contribution in [0.4, 0.5) is 5.13 Å². The first-order valence-corrected chi connectivity index (χ1v) is 14.6. The van der Waals surface area contributed by atoms with Crippen molar-refractivity contribution in [2.75, 3.05) is 18.1 Å². The molecule has 1 amide bonds. The van der Waals surface area contributed by atoms with E-state index in [0.717, 1.165) is 21.3 Å². The number of benzene rings is 4. The molecule has 1 fully saturated rings. The zero-order valence-corrected chi connectivity index (χ0v) is 24.0. The van der Waals surface area contributed by atoms with Gasteiger partial charge in [-0.1, -0.05) is 59.9 Å². The first-order chi connectivity index (χ1) is 21.0. The molecule has 0 bridgehead atoms. The van der Waals surface area contributed by atoms with Crippen molar-refractivity contribution in [1.29, 1.82) is 0 Å². The molecular weight excluding hydrogens is 564 g/mol. The van der Waals surface area contributed by atoms with Crippen LogP contribution in [0.15, 0.2) is 96.6 Å². The van der Waals surface area contributed by atoms with E-state index in [4.69, 9.17) is 19.2 Å². The molecule has 1 atom stereocenters. The van der Waals surface area contributed by atoms with Crippen LogP contribution in [0, 0.1) is 6.92 Å². The van der Waals surface area contributed by atoms with E-state index in [9.17, 15) is 14.7 Å². The largest absolute Gasteiger partial charge is 0.507 e. The number of ether oxygens (including phenoxy) is 3. The molecule has 1 saturated heterocycles. The number of carbonyl (C=O) groups excluding carboxylic acids is 2. The maximum absolute atomic E-state index is 13.7. The molecule has 0 aliphatic carbocycles. The van der Waals surface area contributed by atoms with Crippen LogP contribution < -0.4 is 19.1 Å². The fourth-order valence-electron chi connectivity index (χ4n) is 5.33. The Morgan fingerprint density at radius 2 is 1.77 bits per heavy atom. The third-order valence-electron chi connectivity index (χ3n) is 7.42. The molecule has 5 aromatic rings. The minimum Gasteiger partial charge on any atom is -0.507 e. The van der Waals surface area contributed by atoms with Crippen LogP contribution in [0.1, 0.15) is 28.3 Å². The lowest BCUT2D eigenvalue weighted by Gasteiger charge is -2.24. The molecule has 0 saturated carbocycles. The number of aliphatic hydroxyl groups is 1. The number of fused-ring (bicyclic) bond motifs is 2. The number of Topliss-reactive ketones (excluding diaryl/α,β-unsaturated/α-hetero) is 1. The van der Waals surface area contributed by atoms with E-state index in [1.54, 1.807) is 24.3 Å². The van der Waals surface area contributed by atoms with Crippen LogP contribution in [0.5, 0.6) is 17.2 Å². The Hall–Kier alpha value is -5.15. The van der Waals surface area contributed by atoms with E-state index in [2.05, 4.69) is 0 Å². The highest BCUT2D eigenvalue weighted by atomic mass is 32.1. The molecule has 0 spiro atoms. The van der Waals surface area contributed by atoms with Crippen LogP contribution in [-0.4, -0.2) is 35.0 Å². The highest BCUT2D eigenvalue weighted by Crippen LogP contribution is 2.45. The number of amides is 1. The van der Waals surface area contributed by atoms with Gasteiger partial charge in [0.1, 0.15) is 31.3 Å². The monoisotopic (exact) mass is 590 g/mol. The van der Waals surface area contributed by atoms with Gasteiger partial charge in [-0.05, 0) is 66.1 Å². The topological polar surface area (TPSA) is 98.2 Å². The van der Waals surface area contributed by atoms with E-state index in [1.807, 2.05) is 73.7 Å². The summed E-state index contributed by atoms with van der Waals surface area (Å²) in [7, 11) is 0. The summed E-state index contributed by atoms with van der Waals surface area (Å²) >= 11 is 1.32. The van der Waals surface area contributed by atoms with E-state index in [1.165, 1.54) is 16.2 Å². The minimum atomic E-state index is -0.949. The van der Waals surface area contributed by atoms with Crippen molar-refractivity contribution < 1.29 is 28.9 Å². The second kappa shape index (κ2) is 10.9. The fourth-order valence-corrected chi connectivity index (χ4v) is 6.42. The number of carbonyl (C=O) groups is 2. The molecule has 3 heterocycles. The SMILES string of the molecule is Cc1ccc2nc(N3C(=O)C(=O)/C(=C(/O)c4ccc5c(c4)OCCO5)C3c3cccc(OCc4ccccc4)c3)sc2c1. The number of hydrogen-bond acceptors (Lipinski definition) is 8. The predicted octanol–water partition coefficient (Wildman–Crippen LogP) is 6.58. The van der Waals surface area contributed by atoms with Gasteiger partial charge in [0.25, 0.3) is 5.78 Å². The van der Waals surface area contributed by atoms with E-state index >= 15 is 0 Å². The number of hydrogen-bond donors (Lipinski definition) is 1. The average Bonchev–Trinajstić information content (AvgIpc) is 3.57. The molecule has 1 N–H and O–H groups in total. The Bertz CT molecular complexity index is 1920. The number of aromatic nitrogens is 1. The Morgan fingerprint density at radius 3 is 2.60 bits per heavy atom. The van der Waals surface area contributed by atoms with Crippen molar-refractivity contribution in [1.82, 2.24) is 4.98 Å². The zero-order valence-electron chi connectivity index (χ0n) is 23.2. The second-order valence-corrected chi connectivity index (χ2v) is 11.4. The van der Waals surface area contributed by atoms with Gasteiger partial charge in [-0.3, -0.25) is 14.5 Å². The number of thiazole rings is 1. The van der Waals surface area contributed by atoms with Crippen molar-refractivity contribution >= 4 is 44.1 Å². The van der Waals surface area contributed by atoms with Gasteiger partial charge in [0.05, 0.1) is 21.8 Å². The average molecular weight is 591 g/mol. The number of ketones is 1. The molecule has 2 aliphatic rings. The first kappa shape index (κ1) is 26.7. The van der Waals surface area contributed by atoms with Gasteiger partial charge in [-0.25, -0.2) is 4.98 Å². The standard InChI is InChI=1S/C34H26N2O6S/c1-20-10-12-25-28(16-20)43-34(35-25)36-30(22-8-5-9-24(17-22)42-19-21-6-3-2-4-7-21)29(32(38)33(36)39)31(37)23-11-13-26-27(18-23)41-15-14-40-26/h2-13,16-18,30,37H,14-15,19H2,1H3/b31-29+. The second-order valence-electron chi connectivity index (χ2n) is 10.3. The van der Waals surface area contributed by atoms with Gasteiger partial charge in [0, 0.05) is 5.56 Å². The van der Waals surface area contributed by atoms with Gasteiger partial charge in [-0.15, -0.1) is 0 Å². The van der Waals surface area contributed by atoms with Gasteiger partial charge in [-0.2, -0.15) is 0 Å². The molecule has 9 heteroatoms. The van der Waals surface area contributed by atoms with Crippen molar-refractivity contribution in [2.45, 2.75) is 19.6 Å². The van der Waals surface area contributed by atoms with Crippen LogP contribution in [-0.2, 0) is 16.2 Å². The van der Waals surface area contributed by atoms with Crippen LogP contribution in [0.25, 0.3) is 16.0 Å². The predicted molar refractivity (Wildman–Crippen MR) is 164 cm³/mol. The number of aliphatic hydroxyl groups excluding tert-OH is 1. The van der Waals surface area contributed by atoms with Gasteiger partial charge < -0.3 is 19.3 Å². The lowest BCUT2D eigenvalue weighted by molar-refractivity contribution is -0.132. The quantitative estimate of drug-likeness (QED) is 0.136. The summed E-state index contributed by atoms with van der Waals surface area (Å²) in [6.07, 6.45) is 0. The van der Waals surface area contributed by atoms with Crippen molar-refractivity contribution in [3.05, 3.63) is 119 Å². The lowest BCUT2D eigenvalue weighted by atomic mass is 9.95. The zero-order chi connectivity index (χ0) is 29.5. The summed E-state index contributed by atoms with van der Waals surface area (Å²) in [6.45, 7) is 3.13. The minimum absolute atomic E-state index is 0.0441. The summed E-state index contributed by atoms with van der Waals surface area (Å²) in [5.74, 6) is -0.313. The Balaban J connectivity index is 1.35. The van der Waals surface area contributed by atoms with Crippen LogP contribution in [0.3, 0.4) is 0 Å². The van der Waals surface area contributed by atoms with Gasteiger partial charge in [0.2, 0.25) is 0 Å². The third kappa shape index (κ3) is 4.97. The molecular formula is C34H26N2O6S. The van der Waals surface area contributed by atoms with E-state index in [0.29, 0.717) is 53.3 Å². The van der Waals surface area contributed by atoms with Crippen LogP contribution in [0.2, 0.25) is 0 Å². The van der Waals surface area contributed by atoms with Crippen molar-refractivity contribution in [2.24, 2.45) is 0 Å². The smallest absolute Gasteiger partial charge is 0.301 e. The van der Waals surface area contributed by atoms with E-state index < -0.39 is 17.7 Å². The van der Waals surface area contributed by atoms with E-state index in [-0.39, 0.29) is 11.3 Å². The molecule has 0 radical (unpaired) electrons. The molecule has 43 heavy (non-hydrogen) atoms. The summed E-state index contributed by atoms with van der Waals surface area (Å²) in [5.41, 5.74) is 3.67. The number of aryl methyl sites for hydroxylation is 1. The highest BCUT2D eigenvalue weighted by molar-refractivity contribution is 7.22. The summed E-state index contributed by atoms with van der Waals surface area (Å²) in [6, 6.07) is 26.8. The maximum atomic E-state index is 13.7. The van der Waals surface area contributed by atoms with Crippen molar-refractivity contribution in [3.63, 3.8) is 0 Å². The number of nitrogens with zero attached hydrogens (tertiary/aromatic N) is 2. The number of anilines is 1. The third-order valence-corrected chi connectivity index (χ3v) is 8.44. The van der Waals surface area contributed by atoms with Gasteiger partial charge in [0.15, 0.2) is 16.6 Å². The molecule has 8 nitrogen and oxygen atoms in total.